The second-order valence-electron chi connectivity index (χ2n) is 4.12. The van der Waals surface area contributed by atoms with E-state index in [-0.39, 0.29) is 0 Å². The summed E-state index contributed by atoms with van der Waals surface area (Å²) in [5.41, 5.74) is 0. The van der Waals surface area contributed by atoms with Crippen LogP contribution in [0.4, 0.5) is 0 Å². The van der Waals surface area contributed by atoms with Crippen LogP contribution in [0, 0.1) is 0 Å². The van der Waals surface area contributed by atoms with Gasteiger partial charge in [-0.05, 0) is 30.5 Å². The second kappa shape index (κ2) is 8.44. The monoisotopic (exact) mass is 282 g/mol. The molecule has 0 saturated carbocycles. The summed E-state index contributed by atoms with van der Waals surface area (Å²) in [6.45, 7) is 2.28. The molecule has 0 spiro atoms. The van der Waals surface area contributed by atoms with Gasteiger partial charge in [-0.1, -0.05) is 50.8 Å². The van der Waals surface area contributed by atoms with Gasteiger partial charge in [0.05, 0.1) is 4.44 Å². The molecule has 4 heteroatoms. The lowest BCUT2D eigenvalue weighted by Crippen LogP contribution is -1.94. The predicted octanol–water partition coefficient (Wildman–Crippen LogP) is 5.53. The van der Waals surface area contributed by atoms with Crippen LogP contribution in [0.25, 0.3) is 0 Å². The van der Waals surface area contributed by atoms with Crippen LogP contribution in [0.1, 0.15) is 51.9 Å². The van der Waals surface area contributed by atoms with Gasteiger partial charge in [0.25, 0.3) is 0 Å². The fourth-order valence-electron chi connectivity index (χ4n) is 1.72. The fourth-order valence-corrected chi connectivity index (χ4v) is 11.9. The van der Waals surface area contributed by atoms with E-state index in [0.29, 0.717) is 0 Å². The van der Waals surface area contributed by atoms with Crippen LogP contribution in [0.5, 0.6) is 0 Å². The van der Waals surface area contributed by atoms with Crippen LogP contribution in [0.15, 0.2) is 0 Å². The first-order valence-corrected chi connectivity index (χ1v) is 12.3. The van der Waals surface area contributed by atoms with Crippen LogP contribution < -0.4 is 0 Å². The summed E-state index contributed by atoms with van der Waals surface area (Å²) in [6.07, 6.45) is 11.2. The molecular formula is C11H23PS3. The van der Waals surface area contributed by atoms with E-state index in [2.05, 4.69) is 29.7 Å². The molecule has 0 aromatic carbocycles. The van der Waals surface area contributed by atoms with Crippen LogP contribution in [0.3, 0.4) is 0 Å². The maximum Gasteiger partial charge on any atom is 0.0572 e. The van der Waals surface area contributed by atoms with Crippen molar-refractivity contribution in [3.05, 3.63) is 0 Å². The molecule has 0 aromatic rings. The standard InChI is InChI=1S/C11H23PS3/c1-2-3-4-5-6-7-9-12(13)14-10-8-11-15-12/h2-11H2,1H3. The third-order valence-electron chi connectivity index (χ3n) is 2.65. The Labute approximate surface area is 108 Å². The van der Waals surface area contributed by atoms with E-state index in [1.165, 1.54) is 62.6 Å². The quantitative estimate of drug-likeness (QED) is 0.445. The first kappa shape index (κ1) is 14.4. The molecule has 0 nitrogen and oxygen atoms in total. The average Bonchev–Trinajstić information content (AvgIpc) is 2.24. The minimum absolute atomic E-state index is 1.00. The number of rotatable bonds is 7. The average molecular weight is 282 g/mol. The smallest absolute Gasteiger partial charge is 0.0572 e. The zero-order chi connectivity index (χ0) is 11.0. The Morgan fingerprint density at radius 1 is 1.00 bits per heavy atom. The summed E-state index contributed by atoms with van der Waals surface area (Å²) in [6, 6.07) is 0. The van der Waals surface area contributed by atoms with Gasteiger partial charge in [-0.3, -0.25) is 0 Å². The predicted molar refractivity (Wildman–Crippen MR) is 82.1 cm³/mol. The van der Waals surface area contributed by atoms with E-state index in [1.807, 2.05) is 0 Å². The molecule has 1 aliphatic rings. The van der Waals surface area contributed by atoms with Crippen molar-refractivity contribution in [3.8, 4) is 0 Å². The number of unbranched alkanes of at least 4 members (excludes halogenated alkanes) is 5. The summed E-state index contributed by atoms with van der Waals surface area (Å²) in [5, 5.41) is 0. The molecule has 90 valence electrons. The van der Waals surface area contributed by atoms with Crippen LogP contribution in [-0.4, -0.2) is 17.7 Å². The summed E-state index contributed by atoms with van der Waals surface area (Å²) in [7, 11) is 0. The summed E-state index contributed by atoms with van der Waals surface area (Å²) in [4.78, 5) is 0. The highest BCUT2D eigenvalue weighted by molar-refractivity contribution is 9.00. The minimum Gasteiger partial charge on any atom is -0.114 e. The molecule has 0 bridgehead atoms. The molecule has 0 atom stereocenters. The summed E-state index contributed by atoms with van der Waals surface area (Å²) in [5.74, 6) is 2.67. The molecule has 1 fully saturated rings. The van der Waals surface area contributed by atoms with Crippen LogP contribution in [0.2, 0.25) is 0 Å². The fraction of sp³-hybridized carbons (Fsp3) is 1.00. The van der Waals surface area contributed by atoms with Gasteiger partial charge < -0.3 is 0 Å². The zero-order valence-corrected chi connectivity index (χ0v) is 13.1. The van der Waals surface area contributed by atoms with Crippen molar-refractivity contribution in [2.24, 2.45) is 0 Å². The van der Waals surface area contributed by atoms with E-state index in [1.54, 1.807) is 0 Å². The number of hydrogen-bond acceptors (Lipinski definition) is 3. The van der Waals surface area contributed by atoms with Gasteiger partial charge in [-0.15, -0.1) is 22.8 Å². The van der Waals surface area contributed by atoms with E-state index >= 15 is 0 Å². The molecule has 0 radical (unpaired) electrons. The van der Waals surface area contributed by atoms with Gasteiger partial charge >= 0.3 is 0 Å². The van der Waals surface area contributed by atoms with Crippen molar-refractivity contribution in [2.75, 3.05) is 17.7 Å². The maximum atomic E-state index is 5.79. The largest absolute Gasteiger partial charge is 0.114 e. The Kier molecular flexibility index (Phi) is 8.11. The van der Waals surface area contributed by atoms with Gasteiger partial charge in [0.2, 0.25) is 0 Å². The van der Waals surface area contributed by atoms with Gasteiger partial charge in [0.1, 0.15) is 0 Å². The second-order valence-corrected chi connectivity index (χ2v) is 16.4. The minimum atomic E-state index is -1.00. The Morgan fingerprint density at radius 3 is 2.27 bits per heavy atom. The molecule has 0 N–H and O–H groups in total. The Bertz CT molecular complexity index is 196. The highest BCUT2D eigenvalue weighted by Crippen LogP contribution is 2.71. The normalized spacial score (nSPS) is 20.3. The molecule has 0 unspecified atom stereocenters. The van der Waals surface area contributed by atoms with Crippen molar-refractivity contribution >= 4 is 39.0 Å². The molecule has 1 saturated heterocycles. The molecule has 0 aromatic heterocycles. The summed E-state index contributed by atoms with van der Waals surface area (Å²) < 4.78 is -1.00. The van der Waals surface area contributed by atoms with E-state index in [0.717, 1.165) is 0 Å². The summed E-state index contributed by atoms with van der Waals surface area (Å²) >= 11 is 10.0. The van der Waals surface area contributed by atoms with Gasteiger partial charge in [0.15, 0.2) is 0 Å². The third kappa shape index (κ3) is 6.61. The Hall–Kier alpha value is 1.35. The lowest BCUT2D eigenvalue weighted by Gasteiger charge is -2.24. The Balaban J connectivity index is 2.01. The molecule has 15 heavy (non-hydrogen) atoms. The molecule has 1 aliphatic heterocycles. The van der Waals surface area contributed by atoms with Gasteiger partial charge in [0, 0.05) is 0 Å². The van der Waals surface area contributed by atoms with Gasteiger partial charge in [-0.2, -0.15) is 0 Å². The van der Waals surface area contributed by atoms with E-state index in [9.17, 15) is 0 Å². The molecule has 1 heterocycles. The van der Waals surface area contributed by atoms with Crippen LogP contribution in [-0.2, 0) is 11.8 Å². The van der Waals surface area contributed by atoms with Crippen molar-refractivity contribution in [1.29, 1.82) is 0 Å². The lowest BCUT2D eigenvalue weighted by molar-refractivity contribution is 0.626. The maximum absolute atomic E-state index is 5.79. The lowest BCUT2D eigenvalue weighted by atomic mass is 10.1. The Morgan fingerprint density at radius 2 is 1.60 bits per heavy atom. The van der Waals surface area contributed by atoms with Crippen molar-refractivity contribution < 1.29 is 0 Å². The molecule has 0 aliphatic carbocycles. The highest BCUT2D eigenvalue weighted by Gasteiger charge is 2.21. The molecule has 0 amide bonds. The number of hydrogen-bond donors (Lipinski definition) is 0. The van der Waals surface area contributed by atoms with E-state index in [4.69, 9.17) is 11.8 Å². The highest BCUT2D eigenvalue weighted by atomic mass is 33.2. The van der Waals surface area contributed by atoms with Crippen molar-refractivity contribution in [2.45, 2.75) is 51.9 Å². The van der Waals surface area contributed by atoms with Crippen molar-refractivity contribution in [1.82, 2.24) is 0 Å². The zero-order valence-electron chi connectivity index (χ0n) is 9.74. The topological polar surface area (TPSA) is 0 Å². The van der Waals surface area contributed by atoms with Crippen molar-refractivity contribution in [3.63, 3.8) is 0 Å². The van der Waals surface area contributed by atoms with Crippen LogP contribution >= 0.6 is 27.2 Å². The van der Waals surface area contributed by atoms with E-state index < -0.39 is 4.44 Å². The molecule has 1 rings (SSSR count). The molecular weight excluding hydrogens is 259 g/mol. The SMILES string of the molecule is CCCCCCCCP1(=S)SCCCS1. The van der Waals surface area contributed by atoms with Gasteiger partial charge in [-0.25, -0.2) is 0 Å². The first-order valence-electron chi connectivity index (χ1n) is 6.15. The third-order valence-corrected chi connectivity index (χ3v) is 14.1. The first-order chi connectivity index (χ1) is 7.27.